The maximum atomic E-state index is 12.3. The Bertz CT molecular complexity index is 693. The van der Waals surface area contributed by atoms with Gasteiger partial charge in [-0.15, -0.1) is 0 Å². The summed E-state index contributed by atoms with van der Waals surface area (Å²) in [6.45, 7) is 13.9. The molecule has 0 saturated heterocycles. The number of aryl methyl sites for hydroxylation is 1. The third kappa shape index (κ3) is 4.60. The average molecular weight is 341 g/mol. The highest BCUT2D eigenvalue weighted by Crippen LogP contribution is 2.35. The Kier molecular flexibility index (Phi) is 5.58. The smallest absolute Gasteiger partial charge is 0.179 e. The standard InChI is InChI=1S/C22H32N2O/c1-21(2,3)17-12-15(9-10-20(25)19-8-7-11-24-19)13-18(16(17)14-23)22(4,5)6/h7-8,11-13,24H,9-10,14,23H2,1-6H3. The first-order valence-electron chi connectivity index (χ1n) is 9.07. The minimum absolute atomic E-state index is 0.0220. The number of ketones is 1. The molecule has 2 rings (SSSR count). The molecule has 136 valence electrons. The second-order valence-corrected chi connectivity index (χ2v) is 8.88. The van der Waals surface area contributed by atoms with Gasteiger partial charge in [0.1, 0.15) is 0 Å². The molecule has 0 radical (unpaired) electrons. The third-order valence-corrected chi connectivity index (χ3v) is 4.67. The maximum absolute atomic E-state index is 12.3. The first-order valence-corrected chi connectivity index (χ1v) is 9.07. The summed E-state index contributed by atoms with van der Waals surface area (Å²) in [5.74, 6) is 0.155. The van der Waals surface area contributed by atoms with Crippen molar-refractivity contribution < 1.29 is 4.79 Å². The first kappa shape index (κ1) is 19.5. The Morgan fingerprint density at radius 3 is 2.00 bits per heavy atom. The Hall–Kier alpha value is -1.87. The van der Waals surface area contributed by atoms with Crippen molar-refractivity contribution in [3.63, 3.8) is 0 Å². The van der Waals surface area contributed by atoms with E-state index in [1.54, 1.807) is 6.20 Å². The van der Waals surface area contributed by atoms with Crippen LogP contribution in [-0.4, -0.2) is 10.8 Å². The molecular formula is C22H32N2O. The normalized spacial score (nSPS) is 12.4. The Labute approximate surface area is 152 Å². The summed E-state index contributed by atoms with van der Waals surface area (Å²) in [4.78, 5) is 15.3. The minimum Gasteiger partial charge on any atom is -0.359 e. The Morgan fingerprint density at radius 2 is 1.60 bits per heavy atom. The van der Waals surface area contributed by atoms with Crippen LogP contribution in [0.4, 0.5) is 0 Å². The van der Waals surface area contributed by atoms with Gasteiger partial charge in [-0.05, 0) is 51.6 Å². The Balaban J connectivity index is 2.39. The van der Waals surface area contributed by atoms with Gasteiger partial charge in [0, 0.05) is 19.2 Å². The maximum Gasteiger partial charge on any atom is 0.179 e. The number of hydrogen-bond acceptors (Lipinski definition) is 2. The van der Waals surface area contributed by atoms with Crippen molar-refractivity contribution in [3.05, 3.63) is 58.4 Å². The number of rotatable bonds is 5. The van der Waals surface area contributed by atoms with Crippen LogP contribution in [0.15, 0.2) is 30.5 Å². The van der Waals surface area contributed by atoms with Crippen LogP contribution in [0.2, 0.25) is 0 Å². The molecule has 1 aromatic heterocycles. The van der Waals surface area contributed by atoms with Crippen molar-refractivity contribution in [1.29, 1.82) is 0 Å². The van der Waals surface area contributed by atoms with Crippen molar-refractivity contribution in [2.45, 2.75) is 71.8 Å². The zero-order chi connectivity index (χ0) is 18.8. The van der Waals surface area contributed by atoms with Gasteiger partial charge in [0.15, 0.2) is 5.78 Å². The number of aromatic amines is 1. The molecule has 0 unspecified atom stereocenters. The molecule has 0 spiro atoms. The molecular weight excluding hydrogens is 308 g/mol. The van der Waals surface area contributed by atoms with E-state index >= 15 is 0 Å². The zero-order valence-corrected chi connectivity index (χ0v) is 16.5. The molecule has 0 aliphatic heterocycles. The minimum atomic E-state index is 0.0220. The molecule has 3 N–H and O–H groups in total. The number of hydrogen-bond donors (Lipinski definition) is 2. The SMILES string of the molecule is CC(C)(C)c1cc(CCC(=O)c2ccc[nH]2)cc(C(C)(C)C)c1CN. The molecule has 0 saturated carbocycles. The van der Waals surface area contributed by atoms with E-state index < -0.39 is 0 Å². The number of benzene rings is 1. The van der Waals surface area contributed by atoms with Crippen LogP contribution in [0.5, 0.6) is 0 Å². The van der Waals surface area contributed by atoms with Crippen LogP contribution in [0, 0.1) is 0 Å². The molecule has 0 bridgehead atoms. The number of carbonyl (C=O) groups excluding carboxylic acids is 1. The molecule has 0 atom stereocenters. The molecule has 3 nitrogen and oxygen atoms in total. The summed E-state index contributed by atoms with van der Waals surface area (Å²) in [6.07, 6.45) is 3.04. The van der Waals surface area contributed by atoms with Crippen LogP contribution >= 0.6 is 0 Å². The van der Waals surface area contributed by atoms with Gasteiger partial charge in [-0.3, -0.25) is 4.79 Å². The van der Waals surface area contributed by atoms with Crippen LogP contribution < -0.4 is 5.73 Å². The number of H-pyrrole nitrogens is 1. The largest absolute Gasteiger partial charge is 0.359 e. The van der Waals surface area contributed by atoms with E-state index in [2.05, 4.69) is 58.7 Å². The van der Waals surface area contributed by atoms with Crippen molar-refractivity contribution >= 4 is 5.78 Å². The predicted molar refractivity (Wildman–Crippen MR) is 105 cm³/mol. The predicted octanol–water partition coefficient (Wildman–Crippen LogP) is 4.88. The lowest BCUT2D eigenvalue weighted by Gasteiger charge is -2.31. The summed E-state index contributed by atoms with van der Waals surface area (Å²) < 4.78 is 0. The third-order valence-electron chi connectivity index (χ3n) is 4.67. The van der Waals surface area contributed by atoms with E-state index in [1.807, 2.05) is 12.1 Å². The van der Waals surface area contributed by atoms with Crippen molar-refractivity contribution in [2.24, 2.45) is 5.73 Å². The monoisotopic (exact) mass is 340 g/mol. The molecule has 0 aliphatic rings. The molecule has 2 aromatic rings. The molecule has 0 amide bonds. The summed E-state index contributed by atoms with van der Waals surface area (Å²) in [7, 11) is 0. The van der Waals surface area contributed by atoms with E-state index in [-0.39, 0.29) is 16.6 Å². The van der Waals surface area contributed by atoms with Crippen LogP contribution in [0.25, 0.3) is 0 Å². The van der Waals surface area contributed by atoms with Gasteiger partial charge in [0.2, 0.25) is 0 Å². The van der Waals surface area contributed by atoms with Crippen molar-refractivity contribution in [2.75, 3.05) is 0 Å². The molecule has 0 aliphatic carbocycles. The summed E-state index contributed by atoms with van der Waals surface area (Å²) in [5.41, 5.74) is 11.9. The van der Waals surface area contributed by atoms with E-state index in [0.717, 1.165) is 6.42 Å². The molecule has 1 aromatic carbocycles. The number of nitrogens with one attached hydrogen (secondary N) is 1. The van der Waals surface area contributed by atoms with Gasteiger partial charge >= 0.3 is 0 Å². The fourth-order valence-corrected chi connectivity index (χ4v) is 3.33. The first-order chi connectivity index (χ1) is 11.5. The number of Topliss-reactive ketones (excluding diaryl/α,β-unsaturated/α-hetero) is 1. The van der Waals surface area contributed by atoms with E-state index in [9.17, 15) is 4.79 Å². The lowest BCUT2D eigenvalue weighted by atomic mass is 9.75. The second kappa shape index (κ2) is 7.17. The van der Waals surface area contributed by atoms with Crippen LogP contribution in [-0.2, 0) is 23.8 Å². The lowest BCUT2D eigenvalue weighted by molar-refractivity contribution is 0.0978. The molecule has 25 heavy (non-hydrogen) atoms. The fraction of sp³-hybridized carbons (Fsp3) is 0.500. The van der Waals surface area contributed by atoms with Crippen LogP contribution in [0.3, 0.4) is 0 Å². The quantitative estimate of drug-likeness (QED) is 0.762. The van der Waals surface area contributed by atoms with Crippen LogP contribution in [0.1, 0.15) is 80.7 Å². The average Bonchev–Trinajstić information content (AvgIpc) is 3.04. The highest BCUT2D eigenvalue weighted by atomic mass is 16.1. The number of aromatic nitrogens is 1. The van der Waals surface area contributed by atoms with Gasteiger partial charge in [-0.1, -0.05) is 53.7 Å². The van der Waals surface area contributed by atoms with E-state index in [1.165, 1.54) is 22.3 Å². The van der Waals surface area contributed by atoms with Gasteiger partial charge in [0.05, 0.1) is 5.69 Å². The van der Waals surface area contributed by atoms with Crippen molar-refractivity contribution in [1.82, 2.24) is 4.98 Å². The highest BCUT2D eigenvalue weighted by molar-refractivity contribution is 5.94. The topological polar surface area (TPSA) is 58.9 Å². The Morgan fingerprint density at radius 1 is 1.04 bits per heavy atom. The molecule has 3 heteroatoms. The number of carbonyl (C=O) groups is 1. The van der Waals surface area contributed by atoms with E-state index in [0.29, 0.717) is 18.7 Å². The van der Waals surface area contributed by atoms with Gasteiger partial charge < -0.3 is 10.7 Å². The van der Waals surface area contributed by atoms with Gasteiger partial charge in [-0.2, -0.15) is 0 Å². The lowest BCUT2D eigenvalue weighted by Crippen LogP contribution is -2.23. The van der Waals surface area contributed by atoms with E-state index in [4.69, 9.17) is 5.73 Å². The second-order valence-electron chi connectivity index (χ2n) is 8.88. The zero-order valence-electron chi connectivity index (χ0n) is 16.5. The summed E-state index contributed by atoms with van der Waals surface area (Å²) in [6, 6.07) is 8.19. The highest BCUT2D eigenvalue weighted by Gasteiger charge is 2.25. The van der Waals surface area contributed by atoms with Gasteiger partial charge in [0.25, 0.3) is 0 Å². The summed E-state index contributed by atoms with van der Waals surface area (Å²) in [5, 5.41) is 0. The fourth-order valence-electron chi connectivity index (χ4n) is 3.33. The van der Waals surface area contributed by atoms with Crippen molar-refractivity contribution in [3.8, 4) is 0 Å². The summed E-state index contributed by atoms with van der Waals surface area (Å²) >= 11 is 0. The van der Waals surface area contributed by atoms with Gasteiger partial charge in [-0.25, -0.2) is 0 Å². The number of nitrogens with two attached hydrogens (primary N) is 1. The molecule has 0 fully saturated rings. The molecule has 1 heterocycles.